The maximum Gasteiger partial charge on any atom is 0.316 e. The Morgan fingerprint density at radius 2 is 1.96 bits per heavy atom. The van der Waals surface area contributed by atoms with E-state index < -0.39 is 6.03 Å². The van der Waals surface area contributed by atoms with Gasteiger partial charge in [-0.15, -0.1) is 0 Å². The summed E-state index contributed by atoms with van der Waals surface area (Å²) in [7, 11) is 1.61. The number of urea groups is 1. The first-order chi connectivity index (χ1) is 13.1. The van der Waals surface area contributed by atoms with Crippen LogP contribution in [0, 0.1) is 23.2 Å². The fraction of sp³-hybridized carbons (Fsp3) is 0.143. The summed E-state index contributed by atoms with van der Waals surface area (Å²) in [5.74, 6) is 6.94. The summed E-state index contributed by atoms with van der Waals surface area (Å²) in [6.45, 7) is 2.69. The molecule has 3 aromatic rings. The molecule has 1 aromatic heterocycles. The van der Waals surface area contributed by atoms with Crippen molar-refractivity contribution in [3.8, 4) is 23.7 Å². The Hall–Kier alpha value is -3.90. The molecule has 6 heteroatoms. The number of hydrogen-bond donors (Lipinski definition) is 2. The number of nitrogens with zero attached hydrogens (tertiary/aromatic N) is 2. The zero-order valence-electron chi connectivity index (χ0n) is 15.0. The summed E-state index contributed by atoms with van der Waals surface area (Å²) >= 11 is 0. The molecule has 1 heterocycles. The van der Waals surface area contributed by atoms with Crippen LogP contribution in [0.15, 0.2) is 42.5 Å². The highest BCUT2D eigenvalue weighted by atomic mass is 16.5. The molecule has 6 nitrogen and oxygen atoms in total. The SMILES string of the molecule is CCn1c(C#Cc2ccc(NC(N)=O)cc2)c(C#N)c2ccc(OC)cc21. The van der Waals surface area contributed by atoms with Gasteiger partial charge < -0.3 is 20.4 Å². The lowest BCUT2D eigenvalue weighted by atomic mass is 10.1. The largest absolute Gasteiger partial charge is 0.497 e. The molecule has 0 atom stereocenters. The molecular formula is C21H18N4O2. The fourth-order valence-corrected chi connectivity index (χ4v) is 2.94. The van der Waals surface area contributed by atoms with Crippen molar-refractivity contribution in [2.75, 3.05) is 12.4 Å². The van der Waals surface area contributed by atoms with Crippen molar-refractivity contribution >= 4 is 22.6 Å². The monoisotopic (exact) mass is 358 g/mol. The van der Waals surface area contributed by atoms with E-state index in [1.807, 2.05) is 29.7 Å². The van der Waals surface area contributed by atoms with Crippen molar-refractivity contribution in [1.29, 1.82) is 5.26 Å². The van der Waals surface area contributed by atoms with E-state index in [0.29, 0.717) is 23.5 Å². The standard InChI is InChI=1S/C21H18N4O2/c1-3-25-19(11-6-14-4-7-15(8-5-14)24-21(23)26)18(13-22)17-10-9-16(27-2)12-20(17)25/h4-5,7-10,12H,3H2,1-2H3,(H3,23,24,26). The number of nitriles is 1. The quantitative estimate of drug-likeness (QED) is 0.703. The van der Waals surface area contributed by atoms with Gasteiger partial charge in [0.05, 0.1) is 18.2 Å². The third-order valence-electron chi connectivity index (χ3n) is 4.18. The third-order valence-corrected chi connectivity index (χ3v) is 4.18. The van der Waals surface area contributed by atoms with Crippen molar-refractivity contribution in [2.24, 2.45) is 5.73 Å². The molecule has 0 aliphatic rings. The minimum atomic E-state index is -0.615. The number of fused-ring (bicyclic) bond motifs is 1. The van der Waals surface area contributed by atoms with Crippen LogP contribution in [0.3, 0.4) is 0 Å². The van der Waals surface area contributed by atoms with Gasteiger partial charge in [-0.2, -0.15) is 5.26 Å². The van der Waals surface area contributed by atoms with E-state index in [1.165, 1.54) is 0 Å². The number of benzene rings is 2. The average Bonchev–Trinajstić information content (AvgIpc) is 2.98. The van der Waals surface area contributed by atoms with Gasteiger partial charge in [0.25, 0.3) is 0 Å². The van der Waals surface area contributed by atoms with Crippen molar-refractivity contribution in [3.05, 3.63) is 59.3 Å². The number of primary amides is 1. The van der Waals surface area contributed by atoms with Crippen molar-refractivity contribution in [1.82, 2.24) is 4.57 Å². The summed E-state index contributed by atoms with van der Waals surface area (Å²) in [6, 6.07) is 14.3. The molecule has 0 saturated heterocycles. The predicted octanol–water partition coefficient (Wildman–Crippen LogP) is 3.43. The minimum absolute atomic E-state index is 0.550. The second-order valence-corrected chi connectivity index (χ2v) is 5.78. The number of ether oxygens (including phenoxy) is 1. The molecule has 27 heavy (non-hydrogen) atoms. The second-order valence-electron chi connectivity index (χ2n) is 5.78. The highest BCUT2D eigenvalue weighted by molar-refractivity contribution is 5.90. The Labute approximate surface area is 157 Å². The molecule has 0 aliphatic heterocycles. The molecule has 2 aromatic carbocycles. The van der Waals surface area contributed by atoms with Crippen LogP contribution in [0.25, 0.3) is 10.9 Å². The fourth-order valence-electron chi connectivity index (χ4n) is 2.94. The molecular weight excluding hydrogens is 340 g/mol. The second kappa shape index (κ2) is 7.55. The first-order valence-electron chi connectivity index (χ1n) is 8.36. The van der Waals surface area contributed by atoms with Crippen LogP contribution in [-0.2, 0) is 6.54 Å². The first-order valence-corrected chi connectivity index (χ1v) is 8.36. The zero-order valence-corrected chi connectivity index (χ0v) is 15.0. The van der Waals surface area contributed by atoms with E-state index in [4.69, 9.17) is 10.5 Å². The highest BCUT2D eigenvalue weighted by Gasteiger charge is 2.15. The minimum Gasteiger partial charge on any atom is -0.497 e. The van der Waals surface area contributed by atoms with E-state index in [-0.39, 0.29) is 0 Å². The summed E-state index contributed by atoms with van der Waals surface area (Å²) in [5.41, 5.74) is 8.59. The van der Waals surface area contributed by atoms with E-state index in [9.17, 15) is 10.1 Å². The van der Waals surface area contributed by atoms with Gasteiger partial charge in [0, 0.05) is 29.2 Å². The number of carbonyl (C=O) groups excluding carboxylic acids is 1. The maximum atomic E-state index is 10.9. The molecule has 2 amide bonds. The van der Waals surface area contributed by atoms with Crippen LogP contribution in [0.5, 0.6) is 5.75 Å². The zero-order chi connectivity index (χ0) is 19.4. The van der Waals surface area contributed by atoms with Crippen LogP contribution in [0.1, 0.15) is 23.7 Å². The van der Waals surface area contributed by atoms with Crippen LogP contribution < -0.4 is 15.8 Å². The van der Waals surface area contributed by atoms with Gasteiger partial charge in [0.15, 0.2) is 0 Å². The number of methoxy groups -OCH3 is 1. The number of aryl methyl sites for hydroxylation is 1. The van der Waals surface area contributed by atoms with Gasteiger partial charge in [-0.05, 0) is 49.2 Å². The van der Waals surface area contributed by atoms with Crippen molar-refractivity contribution in [3.63, 3.8) is 0 Å². The smallest absolute Gasteiger partial charge is 0.316 e. The lowest BCUT2D eigenvalue weighted by molar-refractivity contribution is 0.259. The molecule has 0 radical (unpaired) electrons. The number of nitrogens with one attached hydrogen (secondary N) is 1. The lowest BCUT2D eigenvalue weighted by Crippen LogP contribution is -2.19. The van der Waals surface area contributed by atoms with Crippen molar-refractivity contribution < 1.29 is 9.53 Å². The van der Waals surface area contributed by atoms with Gasteiger partial charge in [0.2, 0.25) is 0 Å². The Balaban J connectivity index is 2.06. The van der Waals surface area contributed by atoms with Crippen LogP contribution in [0.2, 0.25) is 0 Å². The highest BCUT2D eigenvalue weighted by Crippen LogP contribution is 2.28. The Bertz CT molecular complexity index is 1110. The molecule has 134 valence electrons. The third kappa shape index (κ3) is 3.56. The first kappa shape index (κ1) is 17.9. The number of hydrogen-bond acceptors (Lipinski definition) is 3. The number of rotatable bonds is 3. The van der Waals surface area contributed by atoms with E-state index in [2.05, 4.69) is 23.2 Å². The molecule has 0 unspecified atom stereocenters. The number of aromatic nitrogens is 1. The number of anilines is 1. The average molecular weight is 358 g/mol. The van der Waals surface area contributed by atoms with E-state index >= 15 is 0 Å². The van der Waals surface area contributed by atoms with Gasteiger partial charge in [-0.3, -0.25) is 0 Å². The molecule has 0 fully saturated rings. The summed E-state index contributed by atoms with van der Waals surface area (Å²) in [5, 5.41) is 13.0. The summed E-state index contributed by atoms with van der Waals surface area (Å²) < 4.78 is 7.31. The number of carbonyl (C=O) groups is 1. The number of amides is 2. The Morgan fingerprint density at radius 3 is 2.56 bits per heavy atom. The predicted molar refractivity (Wildman–Crippen MR) is 105 cm³/mol. The van der Waals surface area contributed by atoms with Gasteiger partial charge in [-0.1, -0.05) is 5.92 Å². The van der Waals surface area contributed by atoms with Gasteiger partial charge >= 0.3 is 6.03 Å². The molecule has 0 aliphatic carbocycles. The van der Waals surface area contributed by atoms with Gasteiger partial charge in [-0.25, -0.2) is 4.79 Å². The normalized spacial score (nSPS) is 9.96. The van der Waals surface area contributed by atoms with Crippen LogP contribution in [-0.4, -0.2) is 17.7 Å². The Kier molecular flexibility index (Phi) is 5.01. The number of nitrogens with two attached hydrogens (primary N) is 1. The molecule has 3 N–H and O–H groups in total. The molecule has 0 spiro atoms. The summed E-state index contributed by atoms with van der Waals surface area (Å²) in [6.07, 6.45) is 0. The lowest BCUT2D eigenvalue weighted by Gasteiger charge is -2.04. The molecule has 0 saturated carbocycles. The molecule has 0 bridgehead atoms. The maximum absolute atomic E-state index is 10.9. The molecule has 3 rings (SSSR count). The van der Waals surface area contributed by atoms with E-state index in [1.54, 1.807) is 31.4 Å². The topological polar surface area (TPSA) is 93.1 Å². The van der Waals surface area contributed by atoms with E-state index in [0.717, 1.165) is 22.2 Å². The van der Waals surface area contributed by atoms with Crippen LogP contribution in [0.4, 0.5) is 10.5 Å². The Morgan fingerprint density at radius 1 is 1.22 bits per heavy atom. The van der Waals surface area contributed by atoms with Crippen molar-refractivity contribution in [2.45, 2.75) is 13.5 Å². The van der Waals surface area contributed by atoms with Gasteiger partial charge in [0.1, 0.15) is 17.5 Å². The van der Waals surface area contributed by atoms with Crippen LogP contribution >= 0.6 is 0 Å². The summed E-state index contributed by atoms with van der Waals surface area (Å²) in [4.78, 5) is 10.9.